The molecule has 2 heterocycles. The van der Waals surface area contributed by atoms with E-state index in [1.807, 2.05) is 63.2 Å². The molecule has 2 fully saturated rings. The molecule has 1 aromatic heterocycles. The molecule has 1 aliphatic heterocycles. The van der Waals surface area contributed by atoms with Crippen LogP contribution in [0.3, 0.4) is 0 Å². The molecule has 1 amide bonds. The van der Waals surface area contributed by atoms with E-state index >= 15 is 0 Å². The number of halogens is 4. The van der Waals surface area contributed by atoms with Crippen molar-refractivity contribution in [2.45, 2.75) is 130 Å². The van der Waals surface area contributed by atoms with Crippen LogP contribution in [0.5, 0.6) is 0 Å². The fourth-order valence-electron chi connectivity index (χ4n) is 7.91. The minimum atomic E-state index is -2.68. The number of ketones is 1. The summed E-state index contributed by atoms with van der Waals surface area (Å²) in [6, 6.07) is 13.4. The molecule has 6 nitrogen and oxygen atoms in total. The van der Waals surface area contributed by atoms with Crippen molar-refractivity contribution < 1.29 is 27.2 Å². The van der Waals surface area contributed by atoms with Crippen LogP contribution in [0.4, 0.5) is 23.2 Å². The number of nitrogens with zero attached hydrogens (tertiary/aromatic N) is 2. The lowest BCUT2D eigenvalue weighted by atomic mass is 9.74. The fraction of sp³-hybridized carbons (Fsp3) is 0.545. The predicted molar refractivity (Wildman–Crippen MR) is 204 cm³/mol. The lowest BCUT2D eigenvalue weighted by Gasteiger charge is -2.34. The lowest BCUT2D eigenvalue weighted by molar-refractivity contribution is -0.130. The standard InChI is InChI=1S/C44H52F4N4O2/c1-41(2,3)33(25-37(53)30-15-19-43(45,46)20-16-30)39-49-26-36(51-39)29-12-9-27(10-13-29)7-8-28-11-14-34-32(23-28)24-35(50-34)38(42(4,5)6)52-40(54)31-17-21-44(47,48)22-18-31/h9-14,23,26,30-31,33,38H,15-22,24-25H2,1-6H3,(H,49,51)(H,52,54)/t33-,38-/m1/s1. The number of carbonyl (C=O) groups excluding carboxylic acids is 2. The summed E-state index contributed by atoms with van der Waals surface area (Å²) >= 11 is 0. The topological polar surface area (TPSA) is 87.2 Å². The Labute approximate surface area is 316 Å². The largest absolute Gasteiger partial charge is 0.347 e. The number of alkyl halides is 4. The highest BCUT2D eigenvalue weighted by atomic mass is 19.3. The first-order valence-corrected chi connectivity index (χ1v) is 19.2. The van der Waals surface area contributed by atoms with Crippen LogP contribution >= 0.6 is 0 Å². The van der Waals surface area contributed by atoms with Crippen molar-refractivity contribution in [3.05, 3.63) is 71.2 Å². The maximum Gasteiger partial charge on any atom is 0.248 e. The van der Waals surface area contributed by atoms with Gasteiger partial charge in [0, 0.05) is 73.1 Å². The summed E-state index contributed by atoms with van der Waals surface area (Å²) in [5.41, 5.74) is 5.56. The average molecular weight is 745 g/mol. The van der Waals surface area contributed by atoms with Gasteiger partial charge < -0.3 is 10.3 Å². The molecule has 0 unspecified atom stereocenters. The van der Waals surface area contributed by atoms with Crippen molar-refractivity contribution in [1.29, 1.82) is 0 Å². The summed E-state index contributed by atoms with van der Waals surface area (Å²) < 4.78 is 54.8. The summed E-state index contributed by atoms with van der Waals surface area (Å²) in [4.78, 5) is 39.4. The summed E-state index contributed by atoms with van der Waals surface area (Å²) in [6.07, 6.45) is 2.49. The number of carbonyl (C=O) groups is 2. The molecule has 2 N–H and O–H groups in total. The van der Waals surface area contributed by atoms with Gasteiger partial charge >= 0.3 is 0 Å². The number of aromatic nitrogens is 2. The number of hydrogen-bond acceptors (Lipinski definition) is 4. The Morgan fingerprint density at radius 3 is 2.00 bits per heavy atom. The summed E-state index contributed by atoms with van der Waals surface area (Å²) in [5, 5.41) is 3.16. The van der Waals surface area contributed by atoms with Gasteiger partial charge in [-0.05, 0) is 78.0 Å². The number of hydrogen-bond donors (Lipinski definition) is 2. The number of aliphatic imine (C=N–C) groups is 1. The van der Waals surface area contributed by atoms with E-state index in [1.165, 1.54) is 0 Å². The van der Waals surface area contributed by atoms with Crippen LogP contribution in [0, 0.1) is 34.5 Å². The van der Waals surface area contributed by atoms with Gasteiger partial charge in [-0.25, -0.2) is 22.5 Å². The summed E-state index contributed by atoms with van der Waals surface area (Å²) in [6.45, 7) is 12.3. The summed E-state index contributed by atoms with van der Waals surface area (Å²) in [7, 11) is 0. The molecule has 2 atom stereocenters. The quantitative estimate of drug-likeness (QED) is 0.178. The van der Waals surface area contributed by atoms with Crippen molar-refractivity contribution in [2.24, 2.45) is 27.7 Å². The Morgan fingerprint density at radius 2 is 1.41 bits per heavy atom. The van der Waals surface area contributed by atoms with Gasteiger partial charge in [0.2, 0.25) is 17.8 Å². The number of fused-ring (bicyclic) bond motifs is 1. The van der Waals surface area contributed by atoms with Crippen LogP contribution in [0.2, 0.25) is 0 Å². The molecule has 54 heavy (non-hydrogen) atoms. The van der Waals surface area contributed by atoms with Crippen molar-refractivity contribution in [1.82, 2.24) is 15.3 Å². The summed E-state index contributed by atoms with van der Waals surface area (Å²) in [5.74, 6) is 0.824. The molecule has 3 aromatic rings. The highest BCUT2D eigenvalue weighted by molar-refractivity contribution is 6.00. The normalized spacial score (nSPS) is 19.9. The predicted octanol–water partition coefficient (Wildman–Crippen LogP) is 10.4. The lowest BCUT2D eigenvalue weighted by Crippen LogP contribution is -2.51. The number of aromatic amines is 1. The van der Waals surface area contributed by atoms with Crippen LogP contribution < -0.4 is 5.32 Å². The van der Waals surface area contributed by atoms with Gasteiger partial charge in [-0.1, -0.05) is 65.5 Å². The van der Waals surface area contributed by atoms with Gasteiger partial charge in [-0.15, -0.1) is 0 Å². The molecule has 3 aliphatic rings. The Balaban J connectivity index is 1.08. The van der Waals surface area contributed by atoms with Crippen molar-refractivity contribution in [3.63, 3.8) is 0 Å². The first-order chi connectivity index (χ1) is 25.3. The van der Waals surface area contributed by atoms with Crippen LogP contribution in [-0.4, -0.2) is 45.3 Å². The molecule has 0 saturated heterocycles. The minimum absolute atomic E-state index is 0.0358. The molecule has 0 bridgehead atoms. The number of nitrogens with one attached hydrogen (secondary N) is 2. The molecule has 288 valence electrons. The molecule has 10 heteroatoms. The molecule has 2 aliphatic carbocycles. The Bertz CT molecular complexity index is 1940. The minimum Gasteiger partial charge on any atom is -0.347 e. The number of rotatable bonds is 8. The SMILES string of the molecule is CC(C)(C)[C@H](NC(=O)C1CCC(F)(F)CC1)C1=Nc2ccc(C#Cc3ccc(-c4cnc([C@@H](CC(=O)C5CCC(F)(F)CC5)C(C)(C)C)[nH]4)cc3)cc2C1. The number of H-pyrrole nitrogens is 1. The number of Topliss-reactive ketones (excluding diaryl/α,β-unsaturated/α-hetero) is 1. The van der Waals surface area contributed by atoms with Gasteiger partial charge in [-0.2, -0.15) is 0 Å². The number of imidazole rings is 1. The van der Waals surface area contributed by atoms with Crippen molar-refractivity contribution in [3.8, 4) is 23.1 Å². The van der Waals surface area contributed by atoms with Crippen molar-refractivity contribution >= 4 is 23.1 Å². The first-order valence-electron chi connectivity index (χ1n) is 19.2. The molecule has 6 rings (SSSR count). The van der Waals surface area contributed by atoms with Crippen LogP contribution in [0.25, 0.3) is 11.3 Å². The van der Waals surface area contributed by atoms with E-state index in [-0.39, 0.29) is 98.2 Å². The second-order valence-corrected chi connectivity index (χ2v) is 17.8. The van der Waals surface area contributed by atoms with Gasteiger partial charge in [0.15, 0.2) is 0 Å². The Hall–Kier alpha value is -4.26. The maximum atomic E-state index is 13.7. The molecule has 2 aromatic carbocycles. The highest BCUT2D eigenvalue weighted by Gasteiger charge is 2.41. The van der Waals surface area contributed by atoms with E-state index in [2.05, 4.69) is 47.9 Å². The fourth-order valence-corrected chi connectivity index (χ4v) is 7.91. The van der Waals surface area contributed by atoms with E-state index in [0.717, 1.165) is 39.3 Å². The zero-order valence-electron chi connectivity index (χ0n) is 32.2. The molecular weight excluding hydrogens is 693 g/mol. The zero-order valence-corrected chi connectivity index (χ0v) is 32.2. The average Bonchev–Trinajstić information content (AvgIpc) is 3.75. The van der Waals surface area contributed by atoms with Crippen molar-refractivity contribution in [2.75, 3.05) is 0 Å². The molecule has 0 spiro atoms. The molecule has 0 radical (unpaired) electrons. The van der Waals surface area contributed by atoms with Crippen LogP contribution in [0.15, 0.2) is 53.7 Å². The highest BCUT2D eigenvalue weighted by Crippen LogP contribution is 2.42. The second-order valence-electron chi connectivity index (χ2n) is 17.8. The Kier molecular flexibility index (Phi) is 11.0. The Morgan fingerprint density at radius 1 is 0.833 bits per heavy atom. The van der Waals surface area contributed by atoms with E-state index in [1.54, 1.807) is 6.20 Å². The second kappa shape index (κ2) is 15.1. The molecular formula is C44H52F4N4O2. The third-order valence-corrected chi connectivity index (χ3v) is 11.4. The van der Waals surface area contributed by atoms with Crippen LogP contribution in [-0.2, 0) is 16.0 Å². The van der Waals surface area contributed by atoms with E-state index in [9.17, 15) is 27.2 Å². The number of benzene rings is 2. The van der Waals surface area contributed by atoms with Gasteiger partial charge in [-0.3, -0.25) is 14.6 Å². The third kappa shape index (κ3) is 9.51. The third-order valence-electron chi connectivity index (χ3n) is 11.4. The van der Waals surface area contributed by atoms with Crippen LogP contribution in [0.1, 0.15) is 128 Å². The van der Waals surface area contributed by atoms with E-state index in [4.69, 9.17) is 4.99 Å². The van der Waals surface area contributed by atoms with E-state index < -0.39 is 17.8 Å². The zero-order chi connectivity index (χ0) is 39.1. The number of amides is 1. The van der Waals surface area contributed by atoms with Gasteiger partial charge in [0.25, 0.3) is 0 Å². The first kappa shape index (κ1) is 39.4. The smallest absolute Gasteiger partial charge is 0.248 e. The van der Waals surface area contributed by atoms with Gasteiger partial charge in [0.05, 0.1) is 23.6 Å². The molecule has 2 saturated carbocycles. The maximum absolute atomic E-state index is 13.7. The van der Waals surface area contributed by atoms with Gasteiger partial charge in [0.1, 0.15) is 11.6 Å². The van der Waals surface area contributed by atoms with E-state index in [0.29, 0.717) is 12.2 Å². The monoisotopic (exact) mass is 744 g/mol.